The fraction of sp³-hybridized carbons (Fsp3) is 0.750. The van der Waals surface area contributed by atoms with E-state index in [-0.39, 0.29) is 0 Å². The van der Waals surface area contributed by atoms with Gasteiger partial charge in [-0.05, 0) is 38.5 Å². The highest BCUT2D eigenvalue weighted by atomic mass is 16.1. The van der Waals surface area contributed by atoms with Crippen molar-refractivity contribution < 1.29 is 4.79 Å². The summed E-state index contributed by atoms with van der Waals surface area (Å²) in [6.45, 7) is 2.20. The van der Waals surface area contributed by atoms with Gasteiger partial charge >= 0.3 is 0 Å². The molecule has 0 aliphatic heterocycles. The zero-order valence-corrected chi connectivity index (χ0v) is 8.38. The number of hydrogen-bond donors (Lipinski definition) is 0. The maximum atomic E-state index is 11.7. The van der Waals surface area contributed by atoms with Gasteiger partial charge in [0, 0.05) is 12.3 Å². The van der Waals surface area contributed by atoms with Crippen molar-refractivity contribution in [1.29, 1.82) is 0 Å². The lowest BCUT2D eigenvalue weighted by molar-refractivity contribution is -0.124. The lowest BCUT2D eigenvalue weighted by atomic mass is 9.77. The van der Waals surface area contributed by atoms with E-state index in [1.165, 1.54) is 24.8 Å². The van der Waals surface area contributed by atoms with Crippen molar-refractivity contribution >= 4 is 5.78 Å². The van der Waals surface area contributed by atoms with Crippen LogP contribution in [0.25, 0.3) is 0 Å². The molecule has 2 atom stereocenters. The Morgan fingerprint density at radius 2 is 2.23 bits per heavy atom. The molecule has 2 aliphatic carbocycles. The van der Waals surface area contributed by atoms with Crippen molar-refractivity contribution in [3.63, 3.8) is 0 Å². The van der Waals surface area contributed by atoms with Gasteiger partial charge in [0.05, 0.1) is 0 Å². The monoisotopic (exact) mass is 178 g/mol. The maximum absolute atomic E-state index is 11.7. The fourth-order valence-corrected chi connectivity index (χ4v) is 2.75. The lowest BCUT2D eigenvalue weighted by Crippen LogP contribution is -2.24. The van der Waals surface area contributed by atoms with Crippen molar-refractivity contribution in [1.82, 2.24) is 0 Å². The Morgan fingerprint density at radius 3 is 3.08 bits per heavy atom. The summed E-state index contributed by atoms with van der Waals surface area (Å²) in [7, 11) is 0. The molecule has 0 heterocycles. The van der Waals surface area contributed by atoms with Gasteiger partial charge in [0.15, 0.2) is 0 Å². The van der Waals surface area contributed by atoms with Crippen molar-refractivity contribution in [3.05, 3.63) is 11.6 Å². The molecule has 0 saturated heterocycles. The van der Waals surface area contributed by atoms with E-state index in [0.717, 1.165) is 19.3 Å². The zero-order valence-electron chi connectivity index (χ0n) is 8.38. The molecule has 0 aromatic heterocycles. The van der Waals surface area contributed by atoms with Crippen LogP contribution in [0.2, 0.25) is 0 Å². The van der Waals surface area contributed by atoms with Gasteiger partial charge in [-0.2, -0.15) is 0 Å². The number of Topliss-reactive ketones (excluding diaryl/α,β-unsaturated/α-hetero) is 1. The highest BCUT2D eigenvalue weighted by molar-refractivity contribution is 5.81. The predicted octanol–water partition coefficient (Wildman–Crippen LogP) is 3.10. The van der Waals surface area contributed by atoms with Crippen LogP contribution in [0.5, 0.6) is 0 Å². The Morgan fingerprint density at radius 1 is 1.38 bits per heavy atom. The second-order valence-electron chi connectivity index (χ2n) is 4.57. The Bertz CT molecular complexity index is 240. The summed E-state index contributed by atoms with van der Waals surface area (Å²) in [5.41, 5.74) is 1.50. The summed E-state index contributed by atoms with van der Waals surface area (Å²) >= 11 is 0. The van der Waals surface area contributed by atoms with Crippen LogP contribution < -0.4 is 0 Å². The first-order chi connectivity index (χ1) is 6.27. The van der Waals surface area contributed by atoms with E-state index in [9.17, 15) is 4.79 Å². The van der Waals surface area contributed by atoms with Gasteiger partial charge in [-0.1, -0.05) is 18.1 Å². The van der Waals surface area contributed by atoms with Crippen LogP contribution in [-0.2, 0) is 4.79 Å². The van der Waals surface area contributed by atoms with Crippen LogP contribution in [0, 0.1) is 11.8 Å². The summed E-state index contributed by atoms with van der Waals surface area (Å²) < 4.78 is 0. The topological polar surface area (TPSA) is 17.1 Å². The van der Waals surface area contributed by atoms with E-state index in [1.54, 1.807) is 0 Å². The number of hydrogen-bond acceptors (Lipinski definition) is 1. The molecule has 0 aromatic rings. The van der Waals surface area contributed by atoms with Gasteiger partial charge in [0.1, 0.15) is 5.78 Å². The minimum atomic E-state index is 0.381. The van der Waals surface area contributed by atoms with Gasteiger partial charge in [0.2, 0.25) is 0 Å². The van der Waals surface area contributed by atoms with E-state index in [0.29, 0.717) is 17.6 Å². The second-order valence-corrected chi connectivity index (χ2v) is 4.57. The number of ketones is 1. The maximum Gasteiger partial charge on any atom is 0.136 e. The van der Waals surface area contributed by atoms with E-state index in [1.807, 2.05) is 0 Å². The Kier molecular flexibility index (Phi) is 2.52. The molecule has 1 saturated carbocycles. The molecule has 1 heteroatoms. The normalized spacial score (nSPS) is 34.8. The fourth-order valence-electron chi connectivity index (χ4n) is 2.75. The smallest absolute Gasteiger partial charge is 0.136 e. The van der Waals surface area contributed by atoms with Crippen LogP contribution in [0.3, 0.4) is 0 Å². The first-order valence-electron chi connectivity index (χ1n) is 5.45. The molecular formula is C12H18O. The first-order valence-corrected chi connectivity index (χ1v) is 5.45. The van der Waals surface area contributed by atoms with E-state index in [2.05, 4.69) is 13.0 Å². The summed E-state index contributed by atoms with van der Waals surface area (Å²) in [5, 5.41) is 0. The summed E-state index contributed by atoms with van der Waals surface area (Å²) in [6.07, 6.45) is 8.98. The number of fused-ring (bicyclic) bond motifs is 1. The molecule has 1 fully saturated rings. The minimum Gasteiger partial charge on any atom is -0.299 e. The van der Waals surface area contributed by atoms with Crippen LogP contribution in [0.1, 0.15) is 45.4 Å². The van der Waals surface area contributed by atoms with Crippen molar-refractivity contribution in [3.8, 4) is 0 Å². The molecule has 0 bridgehead atoms. The first kappa shape index (κ1) is 8.98. The third-order valence-corrected chi connectivity index (χ3v) is 3.54. The van der Waals surface area contributed by atoms with Crippen LogP contribution in [0.15, 0.2) is 11.6 Å². The van der Waals surface area contributed by atoms with Crippen LogP contribution in [0.4, 0.5) is 0 Å². The predicted molar refractivity (Wildman–Crippen MR) is 53.4 cm³/mol. The molecule has 72 valence electrons. The minimum absolute atomic E-state index is 0.381. The van der Waals surface area contributed by atoms with Crippen molar-refractivity contribution in [2.45, 2.75) is 45.4 Å². The molecule has 2 unspecified atom stereocenters. The SMILES string of the molecule is CC1=CCC2C(=O)CCCCC2C1. The highest BCUT2D eigenvalue weighted by Crippen LogP contribution is 2.36. The quantitative estimate of drug-likeness (QED) is 0.521. The van der Waals surface area contributed by atoms with Gasteiger partial charge in [-0.25, -0.2) is 0 Å². The molecule has 2 rings (SSSR count). The van der Waals surface area contributed by atoms with Gasteiger partial charge in [-0.15, -0.1) is 0 Å². The molecular weight excluding hydrogens is 160 g/mol. The number of carbonyl (C=O) groups is 1. The van der Waals surface area contributed by atoms with E-state index in [4.69, 9.17) is 0 Å². The number of allylic oxidation sites excluding steroid dienone is 2. The van der Waals surface area contributed by atoms with Gasteiger partial charge < -0.3 is 0 Å². The average molecular weight is 178 g/mol. The number of rotatable bonds is 0. The summed E-state index contributed by atoms with van der Waals surface area (Å²) in [6, 6.07) is 0. The highest BCUT2D eigenvalue weighted by Gasteiger charge is 2.31. The van der Waals surface area contributed by atoms with E-state index < -0.39 is 0 Å². The third-order valence-electron chi connectivity index (χ3n) is 3.54. The van der Waals surface area contributed by atoms with Crippen LogP contribution in [-0.4, -0.2) is 5.78 Å². The summed E-state index contributed by atoms with van der Waals surface area (Å²) in [5.74, 6) is 1.59. The molecule has 0 aromatic carbocycles. The molecule has 0 radical (unpaired) electrons. The molecule has 2 aliphatic rings. The van der Waals surface area contributed by atoms with Gasteiger partial charge in [0.25, 0.3) is 0 Å². The molecule has 1 nitrogen and oxygen atoms in total. The zero-order chi connectivity index (χ0) is 9.26. The standard InChI is InChI=1S/C12H18O/c1-9-6-7-11-10(8-9)4-2-3-5-12(11)13/h6,10-11H,2-5,7-8H2,1H3. The average Bonchev–Trinajstić information content (AvgIpc) is 2.28. The van der Waals surface area contributed by atoms with Crippen molar-refractivity contribution in [2.75, 3.05) is 0 Å². The molecule has 0 spiro atoms. The molecule has 13 heavy (non-hydrogen) atoms. The second kappa shape index (κ2) is 3.65. The van der Waals surface area contributed by atoms with Crippen molar-refractivity contribution in [2.24, 2.45) is 11.8 Å². The number of carbonyl (C=O) groups excluding carboxylic acids is 1. The Balaban J connectivity index is 2.14. The molecule has 0 amide bonds. The summed E-state index contributed by atoms with van der Waals surface area (Å²) in [4.78, 5) is 11.7. The Hall–Kier alpha value is -0.590. The third kappa shape index (κ3) is 1.84. The van der Waals surface area contributed by atoms with Crippen LogP contribution >= 0.6 is 0 Å². The molecule has 0 N–H and O–H groups in total. The largest absolute Gasteiger partial charge is 0.299 e. The Labute approximate surface area is 80.2 Å². The van der Waals surface area contributed by atoms with E-state index >= 15 is 0 Å². The lowest BCUT2D eigenvalue weighted by Gasteiger charge is -2.27. The van der Waals surface area contributed by atoms with Gasteiger partial charge in [-0.3, -0.25) is 4.79 Å².